The molecule has 0 aliphatic carbocycles. The van der Waals surface area contributed by atoms with E-state index in [9.17, 15) is 27.7 Å². The topological polar surface area (TPSA) is 121 Å². The maximum atomic E-state index is 13.5. The molecule has 180 valence electrons. The monoisotopic (exact) mass is 489 g/mol. The van der Waals surface area contributed by atoms with Crippen LogP contribution in [0.15, 0.2) is 59.5 Å². The molecule has 1 unspecified atom stereocenters. The molecule has 0 saturated carbocycles. The van der Waals surface area contributed by atoms with Crippen molar-refractivity contribution in [1.29, 1.82) is 0 Å². The third-order valence-corrected chi connectivity index (χ3v) is 6.40. The van der Waals surface area contributed by atoms with Crippen molar-refractivity contribution >= 4 is 15.7 Å². The van der Waals surface area contributed by atoms with Gasteiger partial charge in [-0.2, -0.15) is 0 Å². The molecule has 0 fully saturated rings. The first-order chi connectivity index (χ1) is 16.0. The van der Waals surface area contributed by atoms with Gasteiger partial charge < -0.3 is 9.88 Å². The molecule has 0 saturated heterocycles. The Labute approximate surface area is 196 Å². The second-order valence-electron chi connectivity index (χ2n) is 7.72. The van der Waals surface area contributed by atoms with E-state index in [0.717, 1.165) is 6.26 Å². The summed E-state index contributed by atoms with van der Waals surface area (Å²) in [6, 6.07) is 13.9. The highest BCUT2D eigenvalue weighted by Crippen LogP contribution is 2.30. The molecule has 11 heteroatoms. The van der Waals surface area contributed by atoms with E-state index in [1.807, 2.05) is 4.57 Å². The van der Waals surface area contributed by atoms with E-state index in [4.69, 9.17) is 0 Å². The quantitative estimate of drug-likeness (QED) is 0.279. The number of nitrogens with one attached hydrogen (secondary N) is 1. The fraction of sp³-hybridized carbons (Fsp3) is 0.261. The fourth-order valence-electron chi connectivity index (χ4n) is 3.56. The van der Waals surface area contributed by atoms with Crippen LogP contribution in [0.1, 0.15) is 24.6 Å². The van der Waals surface area contributed by atoms with Gasteiger partial charge >= 0.3 is 0 Å². The van der Waals surface area contributed by atoms with Gasteiger partial charge in [-0.15, -0.1) is 10.1 Å². The minimum atomic E-state index is -3.37. The summed E-state index contributed by atoms with van der Waals surface area (Å²) in [5.41, 5.74) is 3.35. The number of carbonyl (C=O) groups is 1. The summed E-state index contributed by atoms with van der Waals surface area (Å²) < 4.78 is 39.0. The summed E-state index contributed by atoms with van der Waals surface area (Å²) in [6.45, 7) is 3.44. The first-order valence-corrected chi connectivity index (χ1v) is 12.3. The number of sulfone groups is 1. The van der Waals surface area contributed by atoms with Crippen LogP contribution in [0.2, 0.25) is 0 Å². The van der Waals surface area contributed by atoms with Crippen LogP contribution in [-0.2, 0) is 25.9 Å². The normalized spacial score (nSPS) is 12.2. The average Bonchev–Trinajstić information content (AvgIpc) is 3.09. The molecule has 0 aliphatic heterocycles. The number of halogens is 1. The number of nitrogens with zero attached hydrogens (tertiary/aromatic N) is 2. The summed E-state index contributed by atoms with van der Waals surface area (Å²) in [5, 5.41) is 12.1. The molecule has 1 amide bonds. The molecular weight excluding hydrogens is 465 g/mol. The van der Waals surface area contributed by atoms with Crippen molar-refractivity contribution in [1.82, 2.24) is 9.88 Å². The summed E-state index contributed by atoms with van der Waals surface area (Å²) in [4.78, 5) is 27.8. The van der Waals surface area contributed by atoms with E-state index in [1.54, 1.807) is 44.2 Å². The maximum absolute atomic E-state index is 13.5. The summed E-state index contributed by atoms with van der Waals surface area (Å²) in [6.07, 6.45) is 0.188. The number of aromatic nitrogens is 1. The third kappa shape index (κ3) is 5.79. The second-order valence-corrected chi connectivity index (χ2v) is 9.73. The number of hydrogen-bond donors (Lipinski definition) is 1. The van der Waals surface area contributed by atoms with E-state index in [1.165, 1.54) is 24.3 Å². The molecule has 0 spiro atoms. The van der Waals surface area contributed by atoms with Crippen LogP contribution in [0.3, 0.4) is 0 Å². The van der Waals surface area contributed by atoms with E-state index >= 15 is 0 Å². The molecular formula is C23H24FN3O6S. The zero-order valence-corrected chi connectivity index (χ0v) is 19.6. The Morgan fingerprint density at radius 3 is 2.32 bits per heavy atom. The number of carbonyl (C=O) groups excluding carboxylic acids is 1. The smallest absolute Gasteiger partial charge is 0.296 e. The van der Waals surface area contributed by atoms with Gasteiger partial charge in [-0.05, 0) is 66.9 Å². The highest BCUT2D eigenvalue weighted by Gasteiger charge is 2.20. The first-order valence-electron chi connectivity index (χ1n) is 10.4. The average molecular weight is 490 g/mol. The summed E-state index contributed by atoms with van der Waals surface area (Å²) in [7, 11) is -3.37. The third-order valence-electron chi connectivity index (χ3n) is 5.27. The number of amides is 1. The van der Waals surface area contributed by atoms with Crippen LogP contribution >= 0.6 is 0 Å². The van der Waals surface area contributed by atoms with E-state index < -0.39 is 32.9 Å². The van der Waals surface area contributed by atoms with E-state index in [2.05, 4.69) is 10.2 Å². The molecule has 1 atom stereocenters. The van der Waals surface area contributed by atoms with Gasteiger partial charge in [0.05, 0.1) is 17.0 Å². The fourth-order valence-corrected chi connectivity index (χ4v) is 4.19. The van der Waals surface area contributed by atoms with E-state index in [-0.39, 0.29) is 17.7 Å². The second kappa shape index (κ2) is 10.0. The van der Waals surface area contributed by atoms with Crippen LogP contribution in [0, 0.1) is 22.9 Å². The van der Waals surface area contributed by atoms with Crippen molar-refractivity contribution in [2.75, 3.05) is 6.26 Å². The molecule has 1 N–H and O–H groups in total. The van der Waals surface area contributed by atoms with Gasteiger partial charge in [0.25, 0.3) is 5.09 Å². The molecule has 3 rings (SSSR count). The molecule has 0 aliphatic rings. The molecule has 0 radical (unpaired) electrons. The summed E-state index contributed by atoms with van der Waals surface area (Å²) >= 11 is 0. The Bertz CT molecular complexity index is 1300. The molecule has 2 aromatic carbocycles. The van der Waals surface area contributed by atoms with Crippen molar-refractivity contribution < 1.29 is 27.5 Å². The predicted octanol–water partition coefficient (Wildman–Crippen LogP) is 3.60. The lowest BCUT2D eigenvalue weighted by Crippen LogP contribution is -2.38. The van der Waals surface area contributed by atoms with Crippen molar-refractivity contribution in [3.63, 3.8) is 0 Å². The van der Waals surface area contributed by atoms with Crippen molar-refractivity contribution in [3.05, 3.63) is 81.8 Å². The highest BCUT2D eigenvalue weighted by atomic mass is 32.2. The highest BCUT2D eigenvalue weighted by molar-refractivity contribution is 7.90. The Morgan fingerprint density at radius 1 is 1.18 bits per heavy atom. The number of benzene rings is 2. The minimum absolute atomic E-state index is 0.0774. The van der Waals surface area contributed by atoms with Gasteiger partial charge in [-0.25, -0.2) is 12.8 Å². The Kier molecular flexibility index (Phi) is 7.35. The van der Waals surface area contributed by atoms with E-state index in [0.29, 0.717) is 28.2 Å². The summed E-state index contributed by atoms with van der Waals surface area (Å²) in [5.74, 6) is -0.865. The molecule has 1 aromatic heterocycles. The number of hydrogen-bond acceptors (Lipinski definition) is 6. The van der Waals surface area contributed by atoms with Crippen LogP contribution in [-0.4, -0.2) is 36.5 Å². The van der Waals surface area contributed by atoms with Crippen LogP contribution in [0.4, 0.5) is 4.39 Å². The largest absolute Gasteiger partial charge is 0.331 e. The van der Waals surface area contributed by atoms with Gasteiger partial charge in [0.1, 0.15) is 5.82 Å². The van der Waals surface area contributed by atoms with Crippen molar-refractivity contribution in [3.8, 4) is 16.9 Å². The lowest BCUT2D eigenvalue weighted by Gasteiger charge is -2.15. The molecule has 3 aromatic rings. The van der Waals surface area contributed by atoms with Gasteiger partial charge in [-0.1, -0.05) is 19.1 Å². The Morgan fingerprint density at radius 2 is 1.79 bits per heavy atom. The van der Waals surface area contributed by atoms with Gasteiger partial charge in [0, 0.05) is 17.6 Å². The molecule has 1 heterocycles. The Balaban J connectivity index is 2.01. The van der Waals surface area contributed by atoms with Crippen LogP contribution in [0.5, 0.6) is 0 Å². The molecule has 0 bridgehead atoms. The van der Waals surface area contributed by atoms with Crippen LogP contribution < -0.4 is 5.32 Å². The molecule has 9 nitrogen and oxygen atoms in total. The number of rotatable bonds is 9. The van der Waals surface area contributed by atoms with Crippen LogP contribution in [0.25, 0.3) is 16.9 Å². The first kappa shape index (κ1) is 24.9. The Hall–Kier alpha value is -3.73. The predicted molar refractivity (Wildman–Crippen MR) is 123 cm³/mol. The lowest BCUT2D eigenvalue weighted by molar-refractivity contribution is -0.769. The van der Waals surface area contributed by atoms with Gasteiger partial charge in [-0.3, -0.25) is 9.63 Å². The zero-order valence-electron chi connectivity index (χ0n) is 18.8. The standard InChI is InChI=1S/C23H24FN3O6S/c1-4-23(33-27(29)30)25-22(28)14-17-13-21(16-5-11-20(12-6-16)34(3,31)32)26(15(17)2)19-9-7-18(24)8-10-19/h5-13,23H,4,14H2,1-3H3,(H,25,28). The maximum Gasteiger partial charge on any atom is 0.296 e. The molecule has 34 heavy (non-hydrogen) atoms. The minimum Gasteiger partial charge on any atom is -0.331 e. The SMILES string of the molecule is CCC(NC(=O)Cc1cc(-c2ccc(S(C)(=O)=O)cc2)n(-c2ccc(F)cc2)c1C)O[N+](=O)[O-]. The van der Waals surface area contributed by atoms with Gasteiger partial charge in [0.2, 0.25) is 5.91 Å². The zero-order chi connectivity index (χ0) is 25.0. The lowest BCUT2D eigenvalue weighted by atomic mass is 10.1. The van der Waals surface area contributed by atoms with Gasteiger partial charge in [0.15, 0.2) is 16.1 Å². The van der Waals surface area contributed by atoms with Crippen molar-refractivity contribution in [2.24, 2.45) is 0 Å². The van der Waals surface area contributed by atoms with Crippen molar-refractivity contribution in [2.45, 2.75) is 37.8 Å².